The molecule has 0 N–H and O–H groups in total. The lowest BCUT2D eigenvalue weighted by atomic mass is 9.91. The second kappa shape index (κ2) is 10.2. The molecule has 1 fully saturated rings. The van der Waals surface area contributed by atoms with E-state index in [2.05, 4.69) is 10.1 Å². The van der Waals surface area contributed by atoms with Crippen LogP contribution in [-0.4, -0.2) is 29.8 Å². The zero-order valence-corrected chi connectivity index (χ0v) is 22.7. The van der Waals surface area contributed by atoms with Crippen LogP contribution in [0.5, 0.6) is 11.5 Å². The number of hydrogen-bond donors (Lipinski definition) is 0. The Morgan fingerprint density at radius 1 is 1.00 bits per heavy atom. The number of fused-ring (bicyclic) bond motifs is 2. The van der Waals surface area contributed by atoms with Crippen LogP contribution in [0, 0.1) is 0 Å². The van der Waals surface area contributed by atoms with Crippen molar-refractivity contribution in [3.63, 3.8) is 0 Å². The Kier molecular flexibility index (Phi) is 6.44. The first-order chi connectivity index (χ1) is 20.3. The molecule has 42 heavy (non-hydrogen) atoms. The lowest BCUT2D eigenvalue weighted by Gasteiger charge is -2.20. The Bertz CT molecular complexity index is 1660. The van der Waals surface area contributed by atoms with Gasteiger partial charge in [0.15, 0.2) is 0 Å². The van der Waals surface area contributed by atoms with Gasteiger partial charge >= 0.3 is 12.1 Å². The predicted octanol–water partition coefficient (Wildman–Crippen LogP) is 7.41. The number of ether oxygens (including phenoxy) is 3. The normalized spacial score (nSPS) is 19.2. The zero-order valence-electron chi connectivity index (χ0n) is 22.7. The quantitative estimate of drug-likeness (QED) is 0.212. The molecule has 216 valence electrons. The zero-order chi connectivity index (χ0) is 29.0. The minimum Gasteiger partial charge on any atom is -0.492 e. The average molecular weight is 577 g/mol. The highest BCUT2D eigenvalue weighted by Crippen LogP contribution is 2.47. The van der Waals surface area contributed by atoms with Gasteiger partial charge < -0.3 is 18.7 Å². The Labute approximate surface area is 239 Å². The molecular formula is C32H27F3N2O5. The number of rotatable bonds is 7. The van der Waals surface area contributed by atoms with E-state index in [9.17, 15) is 18.0 Å². The van der Waals surface area contributed by atoms with E-state index in [0.29, 0.717) is 65.3 Å². The standard InChI is InChI=1S/C32H27F3N2O5/c1-39-28(38)14-20-16-40-27-15-21(8-9-22(20)27)41-26-13-11-24-23(26)10-12-25(32(33,34)35)29(24)17-2-4-18(5-3-17)30-36-31(42-37-30)19-6-7-19/h2-5,8-10,12,15,19-20,26H,6-7,11,13-14,16H2,1H3/t20-,26-/m1/s1. The minimum atomic E-state index is -4.52. The maximum Gasteiger partial charge on any atom is 0.417 e. The van der Waals surface area contributed by atoms with Crippen molar-refractivity contribution in [2.75, 3.05) is 13.7 Å². The van der Waals surface area contributed by atoms with Crippen LogP contribution in [0.25, 0.3) is 22.5 Å². The van der Waals surface area contributed by atoms with Crippen molar-refractivity contribution in [3.8, 4) is 34.0 Å². The van der Waals surface area contributed by atoms with Gasteiger partial charge in [-0.2, -0.15) is 18.2 Å². The third kappa shape index (κ3) is 4.88. The number of hydrogen-bond acceptors (Lipinski definition) is 7. The fourth-order valence-corrected chi connectivity index (χ4v) is 5.94. The molecule has 0 unspecified atom stereocenters. The van der Waals surface area contributed by atoms with E-state index in [1.165, 1.54) is 13.2 Å². The first-order valence-corrected chi connectivity index (χ1v) is 14.0. The Balaban J connectivity index is 1.17. The molecule has 10 heteroatoms. The topological polar surface area (TPSA) is 83.7 Å². The van der Waals surface area contributed by atoms with Crippen molar-refractivity contribution < 1.29 is 36.7 Å². The number of aromatic nitrogens is 2. The van der Waals surface area contributed by atoms with E-state index < -0.39 is 17.8 Å². The summed E-state index contributed by atoms with van der Waals surface area (Å²) in [5.41, 5.74) is 2.93. The van der Waals surface area contributed by atoms with E-state index in [1.807, 2.05) is 12.1 Å². The van der Waals surface area contributed by atoms with Crippen molar-refractivity contribution >= 4 is 5.97 Å². The molecule has 0 radical (unpaired) electrons. The molecule has 4 aromatic rings. The lowest BCUT2D eigenvalue weighted by molar-refractivity contribution is -0.141. The van der Waals surface area contributed by atoms with Gasteiger partial charge in [-0.25, -0.2) is 0 Å². The summed E-state index contributed by atoms with van der Waals surface area (Å²) in [5.74, 6) is 2.15. The summed E-state index contributed by atoms with van der Waals surface area (Å²) in [7, 11) is 1.36. The summed E-state index contributed by atoms with van der Waals surface area (Å²) in [6.07, 6.45) is -1.67. The number of halogens is 3. The molecule has 2 atom stereocenters. The number of carbonyl (C=O) groups is 1. The van der Waals surface area contributed by atoms with Crippen LogP contribution in [0.1, 0.15) is 71.8 Å². The summed E-state index contributed by atoms with van der Waals surface area (Å²) < 4.78 is 64.9. The van der Waals surface area contributed by atoms with Gasteiger partial charge in [0.05, 0.1) is 25.7 Å². The van der Waals surface area contributed by atoms with Gasteiger partial charge in [0.25, 0.3) is 0 Å². The van der Waals surface area contributed by atoms with Crippen LogP contribution < -0.4 is 9.47 Å². The van der Waals surface area contributed by atoms with Gasteiger partial charge in [-0.05, 0) is 60.1 Å². The van der Waals surface area contributed by atoms with Crippen LogP contribution in [0.3, 0.4) is 0 Å². The van der Waals surface area contributed by atoms with E-state index in [0.717, 1.165) is 30.0 Å². The molecule has 1 aromatic heterocycles. The molecule has 0 amide bonds. The van der Waals surface area contributed by atoms with E-state index in [1.54, 1.807) is 30.3 Å². The fraction of sp³-hybridized carbons (Fsp3) is 0.344. The highest BCUT2D eigenvalue weighted by molar-refractivity contribution is 5.76. The molecule has 2 aliphatic carbocycles. The van der Waals surface area contributed by atoms with Gasteiger partial charge in [-0.3, -0.25) is 4.79 Å². The van der Waals surface area contributed by atoms with E-state index >= 15 is 0 Å². The van der Waals surface area contributed by atoms with Gasteiger partial charge in [0.1, 0.15) is 17.6 Å². The van der Waals surface area contributed by atoms with Gasteiger partial charge in [0, 0.05) is 29.0 Å². The third-order valence-electron chi connectivity index (χ3n) is 8.24. The van der Waals surface area contributed by atoms with Gasteiger partial charge in [-0.15, -0.1) is 0 Å². The van der Waals surface area contributed by atoms with E-state index in [-0.39, 0.29) is 23.9 Å². The summed E-state index contributed by atoms with van der Waals surface area (Å²) in [4.78, 5) is 16.2. The molecule has 0 bridgehead atoms. The molecule has 3 aliphatic rings. The molecule has 7 rings (SSSR count). The predicted molar refractivity (Wildman–Crippen MR) is 145 cm³/mol. The molecule has 2 heterocycles. The maximum absolute atomic E-state index is 14.2. The first kappa shape index (κ1) is 26.6. The second-order valence-electron chi connectivity index (χ2n) is 11.0. The third-order valence-corrected chi connectivity index (χ3v) is 8.24. The molecule has 3 aromatic carbocycles. The molecule has 0 saturated heterocycles. The van der Waals surface area contributed by atoms with Crippen molar-refractivity contribution in [2.24, 2.45) is 0 Å². The number of benzene rings is 3. The fourth-order valence-electron chi connectivity index (χ4n) is 5.94. The number of carbonyl (C=O) groups excluding carboxylic acids is 1. The summed E-state index contributed by atoms with van der Waals surface area (Å²) >= 11 is 0. The average Bonchev–Trinajstić information content (AvgIpc) is 3.38. The number of esters is 1. The lowest BCUT2D eigenvalue weighted by Crippen LogP contribution is -2.10. The number of nitrogens with zero attached hydrogens (tertiary/aromatic N) is 2. The number of methoxy groups -OCH3 is 1. The van der Waals surface area contributed by atoms with Gasteiger partial charge in [0.2, 0.25) is 11.7 Å². The molecular weight excluding hydrogens is 549 g/mol. The maximum atomic E-state index is 14.2. The minimum absolute atomic E-state index is 0.0937. The van der Waals surface area contributed by atoms with Crippen molar-refractivity contribution in [3.05, 3.63) is 82.7 Å². The second-order valence-corrected chi connectivity index (χ2v) is 11.0. The Morgan fingerprint density at radius 3 is 2.50 bits per heavy atom. The van der Waals surface area contributed by atoms with Crippen molar-refractivity contribution in [1.29, 1.82) is 0 Å². The summed E-state index contributed by atoms with van der Waals surface area (Å²) in [6, 6.07) is 15.0. The van der Waals surface area contributed by atoms with Crippen LogP contribution in [-0.2, 0) is 22.1 Å². The molecule has 7 nitrogen and oxygen atoms in total. The summed E-state index contributed by atoms with van der Waals surface area (Å²) in [6.45, 7) is 0.372. The summed E-state index contributed by atoms with van der Waals surface area (Å²) in [5, 5.41) is 4.04. The van der Waals surface area contributed by atoms with Crippen LogP contribution in [0.15, 0.2) is 59.1 Å². The van der Waals surface area contributed by atoms with Gasteiger partial charge in [-0.1, -0.05) is 41.6 Å². The molecule has 0 spiro atoms. The largest absolute Gasteiger partial charge is 0.492 e. The SMILES string of the molecule is COC(=O)C[C@@H]1COc2cc(O[C@@H]3CCc4c3ccc(C(F)(F)F)c4-c3ccc(-c4noc(C5CC5)n4)cc3)ccc21. The Morgan fingerprint density at radius 2 is 1.76 bits per heavy atom. The van der Waals surface area contributed by atoms with Crippen molar-refractivity contribution in [2.45, 2.75) is 56.2 Å². The monoisotopic (exact) mass is 576 g/mol. The van der Waals surface area contributed by atoms with Crippen LogP contribution in [0.4, 0.5) is 13.2 Å². The van der Waals surface area contributed by atoms with E-state index in [4.69, 9.17) is 18.7 Å². The Hall–Kier alpha value is -4.34. The van der Waals surface area contributed by atoms with Crippen LogP contribution in [0.2, 0.25) is 0 Å². The highest BCUT2D eigenvalue weighted by atomic mass is 19.4. The van der Waals surface area contributed by atoms with Crippen molar-refractivity contribution in [1.82, 2.24) is 10.1 Å². The van der Waals surface area contributed by atoms with Crippen LogP contribution >= 0.6 is 0 Å². The number of alkyl halides is 3. The molecule has 1 saturated carbocycles. The first-order valence-electron chi connectivity index (χ1n) is 14.0. The molecule has 1 aliphatic heterocycles. The highest BCUT2D eigenvalue weighted by Gasteiger charge is 2.38. The smallest absolute Gasteiger partial charge is 0.417 e.